The van der Waals surface area contributed by atoms with E-state index in [9.17, 15) is 24.3 Å². The molecule has 0 radical (unpaired) electrons. The van der Waals surface area contributed by atoms with E-state index in [-0.39, 0.29) is 13.0 Å². The van der Waals surface area contributed by atoms with Gasteiger partial charge in [0.15, 0.2) is 0 Å². The fourth-order valence-electron chi connectivity index (χ4n) is 3.59. The van der Waals surface area contributed by atoms with Crippen molar-refractivity contribution in [1.82, 2.24) is 26.8 Å². The van der Waals surface area contributed by atoms with E-state index < -0.39 is 59.1 Å². The molecule has 0 heterocycles. The van der Waals surface area contributed by atoms with Crippen LogP contribution in [0.3, 0.4) is 0 Å². The number of methoxy groups -OCH3 is 2. The summed E-state index contributed by atoms with van der Waals surface area (Å²) in [6.45, 7) is 10.6. The average molecular weight is 664 g/mol. The molecule has 220 valence electrons. The molecule has 4 unspecified atom stereocenters. The maximum absolute atomic E-state index is 13.3. The van der Waals surface area contributed by atoms with Crippen LogP contribution in [0.5, 0.6) is 0 Å². The van der Waals surface area contributed by atoms with Crippen LogP contribution in [0.2, 0.25) is 0 Å². The maximum atomic E-state index is 13.3. The summed E-state index contributed by atoms with van der Waals surface area (Å²) in [5, 5.41) is 19.0. The maximum Gasteiger partial charge on any atom is 0.407 e. The number of hydrogen-bond acceptors (Lipinski definition) is 8. The van der Waals surface area contributed by atoms with Crippen LogP contribution in [0, 0.1) is 14.4 Å². The van der Waals surface area contributed by atoms with Crippen LogP contribution in [0.4, 0.5) is 9.59 Å². The number of carbonyl (C=O) groups excluding carboxylic acids is 4. The van der Waals surface area contributed by atoms with E-state index in [2.05, 4.69) is 58.9 Å². The first kappa shape index (κ1) is 34.4. The van der Waals surface area contributed by atoms with Crippen molar-refractivity contribution in [2.75, 3.05) is 20.8 Å². The normalized spacial score (nSPS) is 14.7. The second-order valence-corrected chi connectivity index (χ2v) is 12.5. The first-order valence-electron chi connectivity index (χ1n) is 12.4. The summed E-state index contributed by atoms with van der Waals surface area (Å²) in [5.74, 6) is -1.03. The van der Waals surface area contributed by atoms with E-state index >= 15 is 0 Å². The number of carbonyl (C=O) groups is 4. The Hall–Kier alpha value is -2.65. The molecule has 0 aromatic heterocycles. The zero-order valence-electron chi connectivity index (χ0n) is 23.8. The molecule has 1 aromatic rings. The Kier molecular flexibility index (Phi) is 13.4. The summed E-state index contributed by atoms with van der Waals surface area (Å²) in [7, 11) is 2.41. The minimum absolute atomic E-state index is 0.124. The number of hydrazine groups is 1. The highest BCUT2D eigenvalue weighted by molar-refractivity contribution is 14.1. The molecule has 0 spiro atoms. The van der Waals surface area contributed by atoms with Crippen LogP contribution in [-0.4, -0.2) is 74.1 Å². The molecule has 0 saturated heterocycles. The Balaban J connectivity index is 3.04. The molecule has 6 N–H and O–H groups in total. The minimum Gasteiger partial charge on any atom is -0.453 e. The third kappa shape index (κ3) is 12.0. The number of benzene rings is 1. The van der Waals surface area contributed by atoms with Crippen molar-refractivity contribution >= 4 is 46.6 Å². The molecule has 12 nitrogen and oxygen atoms in total. The van der Waals surface area contributed by atoms with Crippen molar-refractivity contribution in [1.29, 1.82) is 0 Å². The first-order chi connectivity index (χ1) is 18.0. The van der Waals surface area contributed by atoms with Crippen molar-refractivity contribution in [3.63, 3.8) is 0 Å². The lowest BCUT2D eigenvalue weighted by Gasteiger charge is -2.33. The number of aliphatic hydroxyl groups excluding tert-OH is 1. The highest BCUT2D eigenvalue weighted by atomic mass is 127. The monoisotopic (exact) mass is 663 g/mol. The van der Waals surface area contributed by atoms with E-state index in [0.29, 0.717) is 0 Å². The molecule has 0 aliphatic heterocycles. The summed E-state index contributed by atoms with van der Waals surface area (Å²) in [6, 6.07) is 4.97. The summed E-state index contributed by atoms with van der Waals surface area (Å²) < 4.78 is 10.3. The van der Waals surface area contributed by atoms with Crippen LogP contribution < -0.4 is 26.8 Å². The van der Waals surface area contributed by atoms with Gasteiger partial charge in [-0.3, -0.25) is 15.0 Å². The molecule has 39 heavy (non-hydrogen) atoms. The molecule has 1 aromatic carbocycles. The van der Waals surface area contributed by atoms with E-state index in [4.69, 9.17) is 0 Å². The van der Waals surface area contributed by atoms with Crippen LogP contribution in [0.25, 0.3) is 0 Å². The molecule has 4 amide bonds. The van der Waals surface area contributed by atoms with Crippen molar-refractivity contribution in [2.45, 2.75) is 72.2 Å². The summed E-state index contributed by atoms with van der Waals surface area (Å²) in [6.07, 6.45) is -2.37. The number of hydrogen-bond donors (Lipinski definition) is 6. The van der Waals surface area contributed by atoms with Crippen molar-refractivity contribution in [3.05, 3.63) is 33.4 Å². The van der Waals surface area contributed by atoms with Crippen molar-refractivity contribution < 1.29 is 33.8 Å². The molecule has 0 bridgehead atoms. The fourth-order valence-corrected chi connectivity index (χ4v) is 3.94. The quantitative estimate of drug-likeness (QED) is 0.154. The van der Waals surface area contributed by atoms with Gasteiger partial charge in [0, 0.05) is 10.1 Å². The minimum atomic E-state index is -1.14. The highest BCUT2D eigenvalue weighted by Crippen LogP contribution is 2.21. The number of alkyl carbamates (subject to hydrolysis) is 2. The molecule has 1 rings (SSSR count). The topological polar surface area (TPSA) is 167 Å². The van der Waals surface area contributed by atoms with Gasteiger partial charge in [0.1, 0.15) is 12.1 Å². The van der Waals surface area contributed by atoms with Gasteiger partial charge in [-0.2, -0.15) is 0 Å². The Morgan fingerprint density at radius 1 is 0.821 bits per heavy atom. The van der Waals surface area contributed by atoms with Gasteiger partial charge in [-0.05, 0) is 57.5 Å². The summed E-state index contributed by atoms with van der Waals surface area (Å²) in [5.41, 5.74) is 4.78. The van der Waals surface area contributed by atoms with Gasteiger partial charge < -0.3 is 30.5 Å². The lowest BCUT2D eigenvalue weighted by Crippen LogP contribution is -2.60. The number of amides is 4. The Morgan fingerprint density at radius 2 is 1.28 bits per heavy atom. The zero-order chi connectivity index (χ0) is 30.0. The Morgan fingerprint density at radius 3 is 1.72 bits per heavy atom. The molecular weight excluding hydrogens is 621 g/mol. The van der Waals surface area contributed by atoms with Crippen LogP contribution >= 0.6 is 22.6 Å². The van der Waals surface area contributed by atoms with Gasteiger partial charge in [0.2, 0.25) is 5.91 Å². The predicted molar refractivity (Wildman–Crippen MR) is 155 cm³/mol. The third-order valence-corrected chi connectivity index (χ3v) is 6.55. The van der Waals surface area contributed by atoms with E-state index in [1.807, 2.05) is 24.3 Å². The van der Waals surface area contributed by atoms with Crippen LogP contribution in [0.15, 0.2) is 24.3 Å². The van der Waals surface area contributed by atoms with Crippen molar-refractivity contribution in [3.8, 4) is 0 Å². The van der Waals surface area contributed by atoms with E-state index in [0.717, 1.165) is 9.13 Å². The predicted octanol–water partition coefficient (Wildman–Crippen LogP) is 1.84. The van der Waals surface area contributed by atoms with E-state index in [1.54, 1.807) is 41.5 Å². The molecule has 0 aliphatic rings. The Labute approximate surface area is 243 Å². The number of ether oxygens (including phenoxy) is 2. The largest absolute Gasteiger partial charge is 0.453 e. The fraction of sp³-hybridized carbons (Fsp3) is 0.615. The molecule has 0 fully saturated rings. The number of nitrogens with one attached hydrogen (secondary N) is 5. The smallest absolute Gasteiger partial charge is 0.407 e. The second-order valence-electron chi connectivity index (χ2n) is 11.3. The third-order valence-electron chi connectivity index (χ3n) is 5.84. The summed E-state index contributed by atoms with van der Waals surface area (Å²) in [4.78, 5) is 49.6. The molecule has 0 aliphatic carbocycles. The molecule has 0 saturated carbocycles. The molecular formula is C26H42IN5O7. The zero-order valence-corrected chi connectivity index (χ0v) is 26.0. The van der Waals surface area contributed by atoms with Gasteiger partial charge >= 0.3 is 12.2 Å². The highest BCUT2D eigenvalue weighted by Gasteiger charge is 2.36. The number of halogens is 1. The molecule has 4 atom stereocenters. The van der Waals surface area contributed by atoms with Gasteiger partial charge in [-0.15, -0.1) is 0 Å². The van der Waals surface area contributed by atoms with Crippen LogP contribution in [-0.2, 0) is 25.5 Å². The van der Waals surface area contributed by atoms with Gasteiger partial charge in [0.05, 0.1) is 26.4 Å². The van der Waals surface area contributed by atoms with Crippen LogP contribution in [0.1, 0.15) is 47.1 Å². The van der Waals surface area contributed by atoms with Gasteiger partial charge in [0.25, 0.3) is 5.91 Å². The summed E-state index contributed by atoms with van der Waals surface area (Å²) >= 11 is 2.18. The van der Waals surface area contributed by atoms with E-state index in [1.165, 1.54) is 14.2 Å². The first-order valence-corrected chi connectivity index (χ1v) is 13.5. The number of rotatable bonds is 11. The number of aliphatic hydroxyl groups is 1. The van der Waals surface area contributed by atoms with Gasteiger partial charge in [-0.1, -0.05) is 53.7 Å². The molecule has 13 heteroatoms. The lowest BCUT2D eigenvalue weighted by atomic mass is 9.85. The Bertz CT molecular complexity index is 976. The van der Waals surface area contributed by atoms with Gasteiger partial charge in [-0.25, -0.2) is 15.0 Å². The van der Waals surface area contributed by atoms with Crippen molar-refractivity contribution in [2.24, 2.45) is 10.8 Å². The average Bonchev–Trinajstić information content (AvgIpc) is 2.84. The standard InChI is InChI=1S/C26H42IN5O7/c1-25(2,3)19(30-23(36)38-7)21(34)29-17(13-15-9-11-16(27)12-10-15)18(33)14-28-32-22(35)20(26(4,5)6)31-24(37)39-8/h9-12,17-20,28,33H,13-14H2,1-8H3,(H,29,34)(H,30,36)(H,31,37)(H,32,35). The second kappa shape index (κ2) is 15.2. The SMILES string of the molecule is COC(=O)NC(C(=O)NNCC(O)C(Cc1ccc(I)cc1)NC(=O)C(NC(=O)OC)C(C)(C)C)C(C)(C)C. The lowest BCUT2D eigenvalue weighted by molar-refractivity contribution is -0.128.